The van der Waals surface area contributed by atoms with Crippen molar-refractivity contribution in [3.63, 3.8) is 0 Å². The average Bonchev–Trinajstić information content (AvgIpc) is 2.29. The summed E-state index contributed by atoms with van der Waals surface area (Å²) in [6.45, 7) is 1.90. The first-order valence-electron chi connectivity index (χ1n) is 5.02. The Kier molecular flexibility index (Phi) is 2.97. The number of hydrogen-bond acceptors (Lipinski definition) is 2. The molecule has 2 aromatic rings. The number of hydrogen-bond donors (Lipinski definition) is 1. The highest BCUT2D eigenvalue weighted by Gasteiger charge is 2.06. The minimum atomic E-state index is -0.355. The third kappa shape index (κ3) is 1.95. The van der Waals surface area contributed by atoms with Gasteiger partial charge in [0.15, 0.2) is 0 Å². The van der Waals surface area contributed by atoms with Crippen molar-refractivity contribution in [2.75, 3.05) is 0 Å². The van der Waals surface area contributed by atoms with E-state index in [0.29, 0.717) is 0 Å². The Morgan fingerprint density at radius 3 is 2.81 bits per heavy atom. The minimum absolute atomic E-state index is 0.0115. The number of benzene rings is 1. The Hall–Kier alpha value is -1.74. The Morgan fingerprint density at radius 1 is 1.31 bits per heavy atom. The normalized spacial score (nSPS) is 10.4. The second-order valence-electron chi connectivity index (χ2n) is 3.64. The number of pyridine rings is 1. The van der Waals surface area contributed by atoms with Gasteiger partial charge in [0.2, 0.25) is 0 Å². The molecule has 2 rings (SSSR count). The molecule has 2 nitrogen and oxygen atoms in total. The van der Waals surface area contributed by atoms with Crippen LogP contribution in [0.15, 0.2) is 36.7 Å². The number of aromatic nitrogens is 1. The maximum absolute atomic E-state index is 13.1. The van der Waals surface area contributed by atoms with E-state index in [1.807, 2.05) is 25.1 Å². The van der Waals surface area contributed by atoms with Crippen molar-refractivity contribution in [3.8, 4) is 11.1 Å². The number of nitrogens with zero attached hydrogens (tertiary/aromatic N) is 1. The summed E-state index contributed by atoms with van der Waals surface area (Å²) < 4.78 is 13.1. The summed E-state index contributed by atoms with van der Waals surface area (Å²) in [4.78, 5) is 3.82. The maximum atomic E-state index is 13.1. The smallest absolute Gasteiger partial charge is 0.142 e. The van der Waals surface area contributed by atoms with Crippen LogP contribution in [0, 0.1) is 12.7 Å². The van der Waals surface area contributed by atoms with Crippen molar-refractivity contribution >= 4 is 0 Å². The van der Waals surface area contributed by atoms with Gasteiger partial charge >= 0.3 is 0 Å². The van der Waals surface area contributed by atoms with Gasteiger partial charge in [-0.3, -0.25) is 4.98 Å². The molecule has 0 saturated carbocycles. The molecular weight excluding hydrogens is 205 g/mol. The van der Waals surface area contributed by atoms with Gasteiger partial charge in [-0.05, 0) is 29.7 Å². The molecule has 1 aromatic carbocycles. The zero-order valence-corrected chi connectivity index (χ0v) is 8.94. The molecule has 0 saturated heterocycles. The Balaban J connectivity index is 2.56. The quantitative estimate of drug-likeness (QED) is 0.839. The first-order valence-corrected chi connectivity index (χ1v) is 5.02. The number of aliphatic hydroxyl groups excluding tert-OH is 1. The monoisotopic (exact) mass is 217 g/mol. The molecule has 16 heavy (non-hydrogen) atoms. The second kappa shape index (κ2) is 4.41. The molecule has 0 spiro atoms. The van der Waals surface area contributed by atoms with Crippen molar-refractivity contribution in [2.24, 2.45) is 0 Å². The molecule has 3 heteroatoms. The summed E-state index contributed by atoms with van der Waals surface area (Å²) in [5, 5.41) is 9.15. The fourth-order valence-electron chi connectivity index (χ4n) is 1.73. The lowest BCUT2D eigenvalue weighted by molar-refractivity contribution is 0.281. The van der Waals surface area contributed by atoms with Gasteiger partial charge in [-0.15, -0.1) is 0 Å². The van der Waals surface area contributed by atoms with Gasteiger partial charge < -0.3 is 5.11 Å². The van der Waals surface area contributed by atoms with Crippen molar-refractivity contribution in [2.45, 2.75) is 13.5 Å². The van der Waals surface area contributed by atoms with Crippen molar-refractivity contribution in [1.82, 2.24) is 4.98 Å². The third-order valence-corrected chi connectivity index (χ3v) is 2.63. The van der Waals surface area contributed by atoms with E-state index in [-0.39, 0.29) is 12.4 Å². The van der Waals surface area contributed by atoms with E-state index >= 15 is 0 Å². The Bertz CT molecular complexity index is 511. The minimum Gasteiger partial charge on any atom is -0.392 e. The summed E-state index contributed by atoms with van der Waals surface area (Å²) in [5.74, 6) is -0.355. The van der Waals surface area contributed by atoms with Crippen LogP contribution in [0.2, 0.25) is 0 Å². The summed E-state index contributed by atoms with van der Waals surface area (Å²) in [5.41, 5.74) is 3.44. The summed E-state index contributed by atoms with van der Waals surface area (Å²) >= 11 is 0. The van der Waals surface area contributed by atoms with Crippen molar-refractivity contribution in [3.05, 3.63) is 53.6 Å². The lowest BCUT2D eigenvalue weighted by Crippen LogP contribution is -1.92. The van der Waals surface area contributed by atoms with E-state index in [4.69, 9.17) is 5.11 Å². The highest BCUT2D eigenvalue weighted by Crippen LogP contribution is 2.25. The first-order chi connectivity index (χ1) is 7.72. The van der Waals surface area contributed by atoms with E-state index in [9.17, 15) is 4.39 Å². The van der Waals surface area contributed by atoms with E-state index < -0.39 is 0 Å². The van der Waals surface area contributed by atoms with Gasteiger partial charge in [0, 0.05) is 11.8 Å². The SMILES string of the molecule is Cc1c(CO)cccc1-c1cncc(F)c1. The molecule has 1 aromatic heterocycles. The van der Waals surface area contributed by atoms with Crippen LogP contribution in [0.25, 0.3) is 11.1 Å². The molecule has 0 bridgehead atoms. The summed E-state index contributed by atoms with van der Waals surface area (Å²) in [6, 6.07) is 7.03. The summed E-state index contributed by atoms with van der Waals surface area (Å²) in [7, 11) is 0. The van der Waals surface area contributed by atoms with Gasteiger partial charge in [-0.1, -0.05) is 18.2 Å². The van der Waals surface area contributed by atoms with Crippen molar-refractivity contribution < 1.29 is 9.50 Å². The number of rotatable bonds is 2. The lowest BCUT2D eigenvalue weighted by Gasteiger charge is -2.09. The Morgan fingerprint density at radius 2 is 2.12 bits per heavy atom. The highest BCUT2D eigenvalue weighted by atomic mass is 19.1. The van der Waals surface area contributed by atoms with Gasteiger partial charge in [0.25, 0.3) is 0 Å². The van der Waals surface area contributed by atoms with E-state index in [1.54, 1.807) is 6.20 Å². The molecule has 0 atom stereocenters. The zero-order chi connectivity index (χ0) is 11.5. The van der Waals surface area contributed by atoms with Crippen LogP contribution in [-0.4, -0.2) is 10.1 Å². The molecule has 0 aliphatic rings. The van der Waals surface area contributed by atoms with Gasteiger partial charge in [0.1, 0.15) is 5.82 Å². The predicted octanol–water partition coefficient (Wildman–Crippen LogP) is 2.69. The molecule has 0 radical (unpaired) electrons. The molecular formula is C13H12FNO. The average molecular weight is 217 g/mol. The van der Waals surface area contributed by atoms with Crippen LogP contribution >= 0.6 is 0 Å². The fourth-order valence-corrected chi connectivity index (χ4v) is 1.73. The van der Waals surface area contributed by atoms with Crippen LogP contribution in [0.5, 0.6) is 0 Å². The molecule has 1 N–H and O–H groups in total. The Labute approximate surface area is 93.4 Å². The molecule has 0 fully saturated rings. The zero-order valence-electron chi connectivity index (χ0n) is 8.94. The number of aliphatic hydroxyl groups is 1. The highest BCUT2D eigenvalue weighted by molar-refractivity contribution is 5.67. The van der Waals surface area contributed by atoms with Gasteiger partial charge in [-0.2, -0.15) is 0 Å². The largest absolute Gasteiger partial charge is 0.392 e. The fraction of sp³-hybridized carbons (Fsp3) is 0.154. The van der Waals surface area contributed by atoms with Crippen LogP contribution < -0.4 is 0 Å². The topological polar surface area (TPSA) is 33.1 Å². The van der Waals surface area contributed by atoms with Crippen LogP contribution in [-0.2, 0) is 6.61 Å². The predicted molar refractivity (Wildman–Crippen MR) is 60.3 cm³/mol. The second-order valence-corrected chi connectivity index (χ2v) is 3.64. The molecule has 0 amide bonds. The molecule has 0 unspecified atom stereocenters. The molecule has 82 valence electrons. The lowest BCUT2D eigenvalue weighted by atomic mass is 9.98. The third-order valence-electron chi connectivity index (χ3n) is 2.63. The number of halogens is 1. The van der Waals surface area contributed by atoms with Crippen LogP contribution in [0.1, 0.15) is 11.1 Å². The van der Waals surface area contributed by atoms with E-state index in [2.05, 4.69) is 4.98 Å². The van der Waals surface area contributed by atoms with Gasteiger partial charge in [-0.25, -0.2) is 4.39 Å². The molecule has 0 aliphatic heterocycles. The first kappa shape index (κ1) is 10.8. The van der Waals surface area contributed by atoms with Crippen LogP contribution in [0.3, 0.4) is 0 Å². The van der Waals surface area contributed by atoms with Gasteiger partial charge in [0.05, 0.1) is 12.8 Å². The van der Waals surface area contributed by atoms with Crippen molar-refractivity contribution in [1.29, 1.82) is 0 Å². The van der Waals surface area contributed by atoms with E-state index in [1.165, 1.54) is 12.3 Å². The summed E-state index contributed by atoms with van der Waals surface area (Å²) in [6.07, 6.45) is 2.79. The van der Waals surface area contributed by atoms with Crippen LogP contribution in [0.4, 0.5) is 4.39 Å². The molecule has 0 aliphatic carbocycles. The molecule has 1 heterocycles. The maximum Gasteiger partial charge on any atom is 0.142 e. The van der Waals surface area contributed by atoms with E-state index in [0.717, 1.165) is 22.3 Å². The standard InChI is InChI=1S/C13H12FNO/c1-9-10(8-16)3-2-4-13(9)11-5-12(14)7-15-6-11/h2-7,16H,8H2,1H3.